The normalized spacial score (nSPS) is 19.2. The van der Waals surface area contributed by atoms with Crippen LogP contribution in [0.25, 0.3) is 0 Å². The van der Waals surface area contributed by atoms with E-state index < -0.39 is 0 Å². The highest BCUT2D eigenvalue weighted by molar-refractivity contribution is 5.79. The summed E-state index contributed by atoms with van der Waals surface area (Å²) in [4.78, 5) is 15.0. The fourth-order valence-corrected chi connectivity index (χ4v) is 3.45. The second-order valence-electron chi connectivity index (χ2n) is 6.64. The van der Waals surface area contributed by atoms with E-state index in [-0.39, 0.29) is 23.7 Å². The Bertz CT molecular complexity index is 654. The Morgan fingerprint density at radius 2 is 2.12 bits per heavy atom. The molecule has 2 heterocycles. The average molecular weight is 329 g/mol. The van der Waals surface area contributed by atoms with Gasteiger partial charge in [-0.05, 0) is 49.4 Å². The van der Waals surface area contributed by atoms with Gasteiger partial charge in [-0.15, -0.1) is 0 Å². The van der Waals surface area contributed by atoms with Crippen LogP contribution in [0.1, 0.15) is 31.7 Å². The lowest BCUT2D eigenvalue weighted by Gasteiger charge is -2.37. The third-order valence-corrected chi connectivity index (χ3v) is 4.74. The number of rotatable bonds is 5. The predicted molar refractivity (Wildman–Crippen MR) is 90.8 cm³/mol. The number of piperidine rings is 1. The molecule has 0 N–H and O–H groups in total. The van der Waals surface area contributed by atoms with Gasteiger partial charge < -0.3 is 4.90 Å². The number of carbonyl (C=O) groups is 1. The van der Waals surface area contributed by atoms with Crippen LogP contribution in [0.3, 0.4) is 0 Å². The van der Waals surface area contributed by atoms with Crippen molar-refractivity contribution in [2.24, 2.45) is 5.92 Å². The minimum Gasteiger partial charge on any atom is -0.338 e. The zero-order valence-corrected chi connectivity index (χ0v) is 14.1. The molecule has 2 aromatic rings. The highest BCUT2D eigenvalue weighted by atomic mass is 19.1. The van der Waals surface area contributed by atoms with Gasteiger partial charge in [-0.3, -0.25) is 9.48 Å². The SMILES string of the molecule is C[C@H](Cc1ccc(F)cc1)C(=O)N1CCCC[C@@H]1Cn1cccn1. The molecule has 2 atom stereocenters. The number of aromatic nitrogens is 2. The summed E-state index contributed by atoms with van der Waals surface area (Å²) in [5, 5.41) is 4.27. The first-order valence-electron chi connectivity index (χ1n) is 8.66. The maximum Gasteiger partial charge on any atom is 0.226 e. The third-order valence-electron chi connectivity index (χ3n) is 4.74. The van der Waals surface area contributed by atoms with Crippen molar-refractivity contribution in [1.29, 1.82) is 0 Å². The molecule has 0 bridgehead atoms. The van der Waals surface area contributed by atoms with Crippen LogP contribution in [0.5, 0.6) is 0 Å². The molecule has 5 heteroatoms. The Hall–Kier alpha value is -2.17. The monoisotopic (exact) mass is 329 g/mol. The Kier molecular flexibility index (Phi) is 5.28. The molecule has 0 radical (unpaired) electrons. The number of hydrogen-bond donors (Lipinski definition) is 0. The molecule has 1 saturated heterocycles. The van der Waals surface area contributed by atoms with E-state index in [9.17, 15) is 9.18 Å². The van der Waals surface area contributed by atoms with Crippen LogP contribution in [0.4, 0.5) is 4.39 Å². The largest absolute Gasteiger partial charge is 0.338 e. The molecular weight excluding hydrogens is 305 g/mol. The van der Waals surface area contributed by atoms with Crippen LogP contribution >= 0.6 is 0 Å². The number of hydrogen-bond acceptors (Lipinski definition) is 2. The molecule has 0 aliphatic carbocycles. The van der Waals surface area contributed by atoms with Crippen molar-refractivity contribution in [1.82, 2.24) is 14.7 Å². The molecule has 1 fully saturated rings. The first kappa shape index (κ1) is 16.7. The van der Waals surface area contributed by atoms with E-state index in [1.165, 1.54) is 12.1 Å². The van der Waals surface area contributed by atoms with E-state index in [4.69, 9.17) is 0 Å². The Morgan fingerprint density at radius 1 is 1.33 bits per heavy atom. The van der Waals surface area contributed by atoms with Crippen molar-refractivity contribution in [2.75, 3.05) is 6.54 Å². The number of nitrogens with zero attached hydrogens (tertiary/aromatic N) is 3. The number of carbonyl (C=O) groups excluding carboxylic acids is 1. The lowest BCUT2D eigenvalue weighted by atomic mass is 9.96. The van der Waals surface area contributed by atoms with Crippen LogP contribution < -0.4 is 0 Å². The topological polar surface area (TPSA) is 38.1 Å². The number of likely N-dealkylation sites (tertiary alicyclic amines) is 1. The summed E-state index contributed by atoms with van der Waals surface area (Å²) in [6, 6.07) is 8.54. The van der Waals surface area contributed by atoms with E-state index in [2.05, 4.69) is 5.10 Å². The molecule has 1 aromatic carbocycles. The Morgan fingerprint density at radius 3 is 2.83 bits per heavy atom. The number of benzene rings is 1. The Balaban J connectivity index is 1.65. The van der Waals surface area contributed by atoms with Gasteiger partial charge in [-0.1, -0.05) is 19.1 Å². The summed E-state index contributed by atoms with van der Waals surface area (Å²) in [6.07, 6.45) is 7.59. The summed E-state index contributed by atoms with van der Waals surface area (Å²) in [5.41, 5.74) is 0.998. The van der Waals surface area contributed by atoms with Crippen molar-refractivity contribution in [3.8, 4) is 0 Å². The molecule has 1 aromatic heterocycles. The van der Waals surface area contributed by atoms with E-state index >= 15 is 0 Å². The predicted octanol–water partition coefficient (Wildman–Crippen LogP) is 3.28. The molecule has 1 amide bonds. The zero-order valence-electron chi connectivity index (χ0n) is 14.1. The molecule has 24 heavy (non-hydrogen) atoms. The standard InChI is InChI=1S/C19H24FN3O/c1-15(13-16-6-8-17(20)9-7-16)19(24)23-12-3-2-5-18(23)14-22-11-4-10-21-22/h4,6-11,15,18H,2-3,5,12-14H2,1H3/t15-,18-/m1/s1. The molecule has 4 nitrogen and oxygen atoms in total. The summed E-state index contributed by atoms with van der Waals surface area (Å²) >= 11 is 0. The van der Waals surface area contributed by atoms with Crippen molar-refractivity contribution in [3.63, 3.8) is 0 Å². The molecule has 0 unspecified atom stereocenters. The van der Waals surface area contributed by atoms with Crippen molar-refractivity contribution in [3.05, 3.63) is 54.1 Å². The van der Waals surface area contributed by atoms with Gasteiger partial charge in [0, 0.05) is 24.9 Å². The highest BCUT2D eigenvalue weighted by Gasteiger charge is 2.29. The highest BCUT2D eigenvalue weighted by Crippen LogP contribution is 2.22. The van der Waals surface area contributed by atoms with Crippen molar-refractivity contribution < 1.29 is 9.18 Å². The summed E-state index contributed by atoms with van der Waals surface area (Å²) < 4.78 is 14.9. The number of halogens is 1. The maximum absolute atomic E-state index is 13.0. The first-order chi connectivity index (χ1) is 11.6. The lowest BCUT2D eigenvalue weighted by Crippen LogP contribution is -2.48. The first-order valence-corrected chi connectivity index (χ1v) is 8.66. The van der Waals surface area contributed by atoms with Crippen LogP contribution in [-0.4, -0.2) is 33.2 Å². The fourth-order valence-electron chi connectivity index (χ4n) is 3.45. The van der Waals surface area contributed by atoms with E-state index in [1.54, 1.807) is 18.3 Å². The van der Waals surface area contributed by atoms with Gasteiger partial charge in [0.2, 0.25) is 5.91 Å². The maximum atomic E-state index is 13.0. The second-order valence-corrected chi connectivity index (χ2v) is 6.64. The zero-order chi connectivity index (χ0) is 16.9. The summed E-state index contributed by atoms with van der Waals surface area (Å²) in [6.45, 7) is 3.53. The van der Waals surface area contributed by atoms with Crippen LogP contribution in [-0.2, 0) is 17.8 Å². The molecule has 128 valence electrons. The summed E-state index contributed by atoms with van der Waals surface area (Å²) in [7, 11) is 0. The molecule has 3 rings (SSSR count). The van der Waals surface area contributed by atoms with Gasteiger partial charge >= 0.3 is 0 Å². The van der Waals surface area contributed by atoms with Gasteiger partial charge in [0.15, 0.2) is 0 Å². The fraction of sp³-hybridized carbons (Fsp3) is 0.474. The molecule has 0 spiro atoms. The lowest BCUT2D eigenvalue weighted by molar-refractivity contribution is -0.139. The molecule has 0 saturated carbocycles. The van der Waals surface area contributed by atoms with E-state index in [0.29, 0.717) is 6.42 Å². The van der Waals surface area contributed by atoms with E-state index in [0.717, 1.165) is 37.9 Å². The van der Waals surface area contributed by atoms with Crippen molar-refractivity contribution >= 4 is 5.91 Å². The van der Waals surface area contributed by atoms with Crippen LogP contribution in [0.15, 0.2) is 42.7 Å². The molecule has 1 aliphatic rings. The second kappa shape index (κ2) is 7.60. The van der Waals surface area contributed by atoms with Gasteiger partial charge in [-0.2, -0.15) is 5.10 Å². The van der Waals surface area contributed by atoms with Gasteiger partial charge in [0.05, 0.1) is 12.6 Å². The van der Waals surface area contributed by atoms with Gasteiger partial charge in [0.1, 0.15) is 5.82 Å². The quantitative estimate of drug-likeness (QED) is 0.844. The minimum absolute atomic E-state index is 0.103. The van der Waals surface area contributed by atoms with Crippen LogP contribution in [0, 0.1) is 11.7 Å². The third kappa shape index (κ3) is 4.02. The van der Waals surface area contributed by atoms with Crippen molar-refractivity contribution in [2.45, 2.75) is 45.2 Å². The van der Waals surface area contributed by atoms with E-state index in [1.807, 2.05) is 28.8 Å². The average Bonchev–Trinajstić information content (AvgIpc) is 3.10. The summed E-state index contributed by atoms with van der Waals surface area (Å²) in [5.74, 6) is -0.155. The van der Waals surface area contributed by atoms with Crippen LogP contribution in [0.2, 0.25) is 0 Å². The minimum atomic E-state index is -0.243. The van der Waals surface area contributed by atoms with Gasteiger partial charge in [-0.25, -0.2) is 4.39 Å². The van der Waals surface area contributed by atoms with Gasteiger partial charge in [0.25, 0.3) is 0 Å². The molecular formula is C19H24FN3O. The Labute approximate surface area is 142 Å². The smallest absolute Gasteiger partial charge is 0.226 e. The molecule has 1 aliphatic heterocycles. The number of amides is 1.